The molecule has 1 aliphatic heterocycles. The number of benzene rings is 2. The highest BCUT2D eigenvalue weighted by molar-refractivity contribution is 6.31. The summed E-state index contributed by atoms with van der Waals surface area (Å²) in [6, 6.07) is 13.6. The fraction of sp³-hybridized carbons (Fsp3) is 0.0556. The fourth-order valence-corrected chi connectivity index (χ4v) is 2.37. The topological polar surface area (TPSA) is 70.6 Å². The molecular weight excluding hydrogens is 326 g/mol. The number of amides is 2. The first-order chi connectivity index (χ1) is 11.6. The van der Waals surface area contributed by atoms with Crippen molar-refractivity contribution in [3.05, 3.63) is 65.2 Å². The van der Waals surface area contributed by atoms with E-state index >= 15 is 0 Å². The normalized spacial score (nSPS) is 16.4. The van der Waals surface area contributed by atoms with Crippen LogP contribution < -0.4 is 10.6 Å². The lowest BCUT2D eigenvalue weighted by molar-refractivity contribution is -0.122. The molecule has 6 heteroatoms. The van der Waals surface area contributed by atoms with Crippen molar-refractivity contribution in [3.63, 3.8) is 0 Å². The largest absolute Gasteiger partial charge is 0.336 e. The predicted octanol–water partition coefficient (Wildman–Crippen LogP) is 3.19. The van der Waals surface area contributed by atoms with Gasteiger partial charge in [0.15, 0.2) is 0 Å². The quantitative estimate of drug-likeness (QED) is 0.843. The Bertz CT molecular complexity index is 831. The van der Waals surface area contributed by atoms with Gasteiger partial charge in [0.2, 0.25) is 5.91 Å². The molecule has 0 fully saturated rings. The van der Waals surface area contributed by atoms with Gasteiger partial charge in [0.1, 0.15) is 6.04 Å². The summed E-state index contributed by atoms with van der Waals surface area (Å²) < 4.78 is 0. The second-order valence-electron chi connectivity index (χ2n) is 5.16. The third-order valence-electron chi connectivity index (χ3n) is 3.39. The number of halogens is 1. The number of anilines is 1. The number of carbonyl (C=O) groups excluding carboxylic acids is 2. The third kappa shape index (κ3) is 3.88. The van der Waals surface area contributed by atoms with Crippen LogP contribution in [0.3, 0.4) is 0 Å². The summed E-state index contributed by atoms with van der Waals surface area (Å²) in [6.07, 6.45) is 4.46. The summed E-state index contributed by atoms with van der Waals surface area (Å²) in [5, 5.41) is 5.81. The average Bonchev–Trinajstić information content (AvgIpc) is 2.73. The van der Waals surface area contributed by atoms with Crippen LogP contribution in [0, 0.1) is 0 Å². The molecule has 0 saturated heterocycles. The first-order valence-electron chi connectivity index (χ1n) is 7.30. The van der Waals surface area contributed by atoms with Crippen LogP contribution in [0.1, 0.15) is 5.56 Å². The smallest absolute Gasteiger partial charge is 0.252 e. The van der Waals surface area contributed by atoms with Crippen LogP contribution in [0.2, 0.25) is 5.02 Å². The van der Waals surface area contributed by atoms with Crippen molar-refractivity contribution in [2.75, 3.05) is 5.32 Å². The van der Waals surface area contributed by atoms with E-state index in [4.69, 9.17) is 11.6 Å². The number of rotatable bonds is 3. The number of carbonyl (C=O) groups is 2. The lowest BCUT2D eigenvalue weighted by Gasteiger charge is -2.11. The summed E-state index contributed by atoms with van der Waals surface area (Å²) in [4.78, 5) is 28.4. The van der Waals surface area contributed by atoms with Crippen molar-refractivity contribution in [1.82, 2.24) is 5.32 Å². The van der Waals surface area contributed by atoms with Crippen LogP contribution in [-0.2, 0) is 9.59 Å². The van der Waals surface area contributed by atoms with Crippen molar-refractivity contribution in [3.8, 4) is 0 Å². The Morgan fingerprint density at radius 3 is 2.79 bits per heavy atom. The Morgan fingerprint density at radius 2 is 2.00 bits per heavy atom. The van der Waals surface area contributed by atoms with E-state index in [-0.39, 0.29) is 11.8 Å². The Morgan fingerprint density at radius 1 is 1.21 bits per heavy atom. The van der Waals surface area contributed by atoms with Crippen LogP contribution in [0.25, 0.3) is 6.08 Å². The molecule has 0 spiro atoms. The number of hydrogen-bond acceptors (Lipinski definition) is 3. The van der Waals surface area contributed by atoms with Gasteiger partial charge in [-0.15, -0.1) is 0 Å². The van der Waals surface area contributed by atoms with Gasteiger partial charge in [-0.3, -0.25) is 14.6 Å². The van der Waals surface area contributed by atoms with E-state index in [0.29, 0.717) is 16.4 Å². The Balaban J connectivity index is 1.69. The molecule has 0 saturated carbocycles. The van der Waals surface area contributed by atoms with Crippen LogP contribution in [0.5, 0.6) is 0 Å². The zero-order chi connectivity index (χ0) is 16.9. The molecule has 2 N–H and O–H groups in total. The molecule has 2 aromatic rings. The van der Waals surface area contributed by atoms with E-state index in [9.17, 15) is 9.59 Å². The molecule has 120 valence electrons. The maximum absolute atomic E-state index is 12.2. The zero-order valence-electron chi connectivity index (χ0n) is 12.6. The van der Waals surface area contributed by atoms with Gasteiger partial charge in [-0.1, -0.05) is 41.9 Å². The summed E-state index contributed by atoms with van der Waals surface area (Å²) in [7, 11) is 0. The molecular formula is C18H14ClN3O2. The maximum Gasteiger partial charge on any atom is 0.252 e. The lowest BCUT2D eigenvalue weighted by Crippen LogP contribution is -2.43. The standard InChI is InChI=1S/C18H14ClN3O2/c19-13-7-8-14-15(10-13)22-18(24)16(11-20-14)21-17(23)9-6-12-4-2-1-3-5-12/h1-11,16H,(H,21,23)(H,22,24)/b9-6-/t16-/m1/s1. The van der Waals surface area contributed by atoms with Gasteiger partial charge < -0.3 is 10.6 Å². The van der Waals surface area contributed by atoms with E-state index < -0.39 is 6.04 Å². The van der Waals surface area contributed by atoms with Crippen molar-refractivity contribution in [2.45, 2.75) is 6.04 Å². The van der Waals surface area contributed by atoms with E-state index in [1.807, 2.05) is 30.3 Å². The van der Waals surface area contributed by atoms with Gasteiger partial charge in [0, 0.05) is 17.3 Å². The molecule has 2 amide bonds. The highest BCUT2D eigenvalue weighted by Gasteiger charge is 2.21. The second kappa shape index (κ2) is 7.10. The summed E-state index contributed by atoms with van der Waals surface area (Å²) in [6.45, 7) is 0. The molecule has 0 bridgehead atoms. The van der Waals surface area contributed by atoms with E-state index in [1.165, 1.54) is 12.3 Å². The predicted molar refractivity (Wildman–Crippen MR) is 95.6 cm³/mol. The first-order valence-corrected chi connectivity index (χ1v) is 7.68. The molecule has 24 heavy (non-hydrogen) atoms. The molecule has 0 unspecified atom stereocenters. The number of fused-ring (bicyclic) bond motifs is 1. The number of aliphatic imine (C=N–C) groups is 1. The third-order valence-corrected chi connectivity index (χ3v) is 3.62. The molecule has 1 heterocycles. The number of hydrogen-bond donors (Lipinski definition) is 2. The average molecular weight is 340 g/mol. The van der Waals surface area contributed by atoms with Crippen LogP contribution in [0.4, 0.5) is 11.4 Å². The molecule has 5 nitrogen and oxygen atoms in total. The number of nitrogens with one attached hydrogen (secondary N) is 2. The van der Waals surface area contributed by atoms with Gasteiger partial charge in [0.05, 0.1) is 11.4 Å². The highest BCUT2D eigenvalue weighted by atomic mass is 35.5. The van der Waals surface area contributed by atoms with Gasteiger partial charge in [-0.2, -0.15) is 0 Å². The minimum Gasteiger partial charge on any atom is -0.336 e. The molecule has 1 aliphatic rings. The SMILES string of the molecule is O=C(/C=C\c1ccccc1)N[C@@H]1C=Nc2ccc(Cl)cc2NC1=O. The summed E-state index contributed by atoms with van der Waals surface area (Å²) in [5.74, 6) is -0.754. The first kappa shape index (κ1) is 16.0. The van der Waals surface area contributed by atoms with Crippen LogP contribution >= 0.6 is 11.6 Å². The molecule has 0 aromatic heterocycles. The monoisotopic (exact) mass is 339 g/mol. The van der Waals surface area contributed by atoms with Crippen LogP contribution in [-0.4, -0.2) is 24.1 Å². The highest BCUT2D eigenvalue weighted by Crippen LogP contribution is 2.29. The van der Waals surface area contributed by atoms with Gasteiger partial charge in [0.25, 0.3) is 5.91 Å². The van der Waals surface area contributed by atoms with Crippen molar-refractivity contribution >= 4 is 47.1 Å². The van der Waals surface area contributed by atoms with Crippen molar-refractivity contribution < 1.29 is 9.59 Å². The van der Waals surface area contributed by atoms with E-state index in [1.54, 1.807) is 24.3 Å². The number of nitrogens with zero attached hydrogens (tertiary/aromatic N) is 1. The zero-order valence-corrected chi connectivity index (χ0v) is 13.3. The van der Waals surface area contributed by atoms with Crippen LogP contribution in [0.15, 0.2) is 59.6 Å². The Labute approximate surface area is 144 Å². The maximum atomic E-state index is 12.2. The molecule has 1 atom stereocenters. The van der Waals surface area contributed by atoms with E-state index in [0.717, 1.165) is 5.56 Å². The Hall–Kier alpha value is -2.92. The lowest BCUT2D eigenvalue weighted by atomic mass is 10.2. The molecule has 0 radical (unpaired) electrons. The minimum atomic E-state index is -0.857. The van der Waals surface area contributed by atoms with Gasteiger partial charge >= 0.3 is 0 Å². The molecule has 2 aromatic carbocycles. The van der Waals surface area contributed by atoms with Crippen molar-refractivity contribution in [1.29, 1.82) is 0 Å². The summed E-state index contributed by atoms with van der Waals surface area (Å²) >= 11 is 5.92. The molecule has 0 aliphatic carbocycles. The molecule has 3 rings (SSSR count). The fourth-order valence-electron chi connectivity index (χ4n) is 2.19. The Kier molecular flexibility index (Phi) is 4.72. The second-order valence-corrected chi connectivity index (χ2v) is 5.60. The van der Waals surface area contributed by atoms with Gasteiger partial charge in [-0.05, 0) is 29.8 Å². The van der Waals surface area contributed by atoms with E-state index in [2.05, 4.69) is 15.6 Å². The minimum absolute atomic E-state index is 0.374. The summed E-state index contributed by atoms with van der Waals surface area (Å²) in [5.41, 5.74) is 2.00. The van der Waals surface area contributed by atoms with Crippen molar-refractivity contribution in [2.24, 2.45) is 4.99 Å². The van der Waals surface area contributed by atoms with Gasteiger partial charge in [-0.25, -0.2) is 0 Å².